The highest BCUT2D eigenvalue weighted by atomic mass is 19.1. The average molecular weight is 209 g/mol. The standard InChI is InChI=1S/C12H16FNO/c1-15-12(8-14-11-5-6-11)9-3-2-4-10(13)7-9/h2-4,7,11-12,14H,5-6,8H2,1H3. The predicted octanol–water partition coefficient (Wildman–Crippen LogP) is 2.27. The summed E-state index contributed by atoms with van der Waals surface area (Å²) in [5.74, 6) is -0.207. The number of ether oxygens (including phenoxy) is 1. The summed E-state index contributed by atoms with van der Waals surface area (Å²) in [4.78, 5) is 0. The van der Waals surface area contributed by atoms with Gasteiger partial charge < -0.3 is 10.1 Å². The summed E-state index contributed by atoms with van der Waals surface area (Å²) in [6, 6.07) is 7.24. The zero-order chi connectivity index (χ0) is 10.7. The normalized spacial score (nSPS) is 17.7. The molecule has 3 heteroatoms. The predicted molar refractivity (Wildman–Crippen MR) is 57.2 cm³/mol. The highest BCUT2D eigenvalue weighted by Gasteiger charge is 2.22. The minimum atomic E-state index is -0.207. The van der Waals surface area contributed by atoms with Gasteiger partial charge in [-0.2, -0.15) is 0 Å². The molecule has 0 heterocycles. The van der Waals surface area contributed by atoms with Crippen LogP contribution in [0.2, 0.25) is 0 Å². The van der Waals surface area contributed by atoms with Gasteiger partial charge in [0.15, 0.2) is 0 Å². The molecule has 0 aromatic heterocycles. The van der Waals surface area contributed by atoms with Crippen molar-refractivity contribution in [2.24, 2.45) is 0 Å². The number of hydrogen-bond donors (Lipinski definition) is 1. The zero-order valence-electron chi connectivity index (χ0n) is 8.87. The Kier molecular flexibility index (Phi) is 3.34. The van der Waals surface area contributed by atoms with Gasteiger partial charge in [0.1, 0.15) is 5.82 Å². The number of nitrogens with one attached hydrogen (secondary N) is 1. The number of methoxy groups -OCH3 is 1. The second-order valence-corrected chi connectivity index (χ2v) is 3.96. The van der Waals surface area contributed by atoms with Gasteiger partial charge in [0, 0.05) is 19.7 Å². The van der Waals surface area contributed by atoms with E-state index in [1.807, 2.05) is 6.07 Å². The van der Waals surface area contributed by atoms with E-state index in [0.717, 1.165) is 12.1 Å². The lowest BCUT2D eigenvalue weighted by Gasteiger charge is -2.16. The van der Waals surface area contributed by atoms with Crippen LogP contribution in [0.25, 0.3) is 0 Å². The molecule has 2 nitrogen and oxygen atoms in total. The Morgan fingerprint density at radius 2 is 2.33 bits per heavy atom. The first-order chi connectivity index (χ1) is 7.29. The van der Waals surface area contributed by atoms with Gasteiger partial charge in [-0.1, -0.05) is 12.1 Å². The van der Waals surface area contributed by atoms with Crippen LogP contribution in [0.5, 0.6) is 0 Å². The van der Waals surface area contributed by atoms with E-state index in [1.165, 1.54) is 25.0 Å². The molecule has 1 aromatic rings. The maximum Gasteiger partial charge on any atom is 0.123 e. The molecule has 1 aromatic carbocycles. The molecule has 1 saturated carbocycles. The summed E-state index contributed by atoms with van der Waals surface area (Å²) < 4.78 is 18.3. The molecular formula is C12H16FNO. The number of rotatable bonds is 5. The second-order valence-electron chi connectivity index (χ2n) is 3.96. The third-order valence-corrected chi connectivity index (χ3v) is 2.67. The van der Waals surface area contributed by atoms with E-state index in [-0.39, 0.29) is 11.9 Å². The van der Waals surface area contributed by atoms with Crippen molar-refractivity contribution in [3.8, 4) is 0 Å². The maximum absolute atomic E-state index is 13.0. The fourth-order valence-corrected chi connectivity index (χ4v) is 1.61. The van der Waals surface area contributed by atoms with Gasteiger partial charge in [-0.25, -0.2) is 4.39 Å². The van der Waals surface area contributed by atoms with E-state index in [1.54, 1.807) is 13.2 Å². The zero-order valence-corrected chi connectivity index (χ0v) is 8.87. The molecule has 0 bridgehead atoms. The van der Waals surface area contributed by atoms with Crippen molar-refractivity contribution < 1.29 is 9.13 Å². The van der Waals surface area contributed by atoms with Gasteiger partial charge in [0.2, 0.25) is 0 Å². The average Bonchev–Trinajstić information content (AvgIpc) is 3.03. The molecule has 82 valence electrons. The van der Waals surface area contributed by atoms with Crippen molar-refractivity contribution in [3.63, 3.8) is 0 Å². The summed E-state index contributed by atoms with van der Waals surface area (Å²) in [6.07, 6.45) is 2.44. The highest BCUT2D eigenvalue weighted by molar-refractivity contribution is 5.19. The van der Waals surface area contributed by atoms with Crippen LogP contribution in [0.15, 0.2) is 24.3 Å². The molecule has 15 heavy (non-hydrogen) atoms. The summed E-state index contributed by atoms with van der Waals surface area (Å²) in [7, 11) is 1.66. The second kappa shape index (κ2) is 4.73. The smallest absolute Gasteiger partial charge is 0.123 e. The Bertz CT molecular complexity index is 325. The molecule has 0 amide bonds. The van der Waals surface area contributed by atoms with E-state index < -0.39 is 0 Å². The first kappa shape index (κ1) is 10.6. The van der Waals surface area contributed by atoms with Crippen LogP contribution in [-0.4, -0.2) is 19.7 Å². The third kappa shape index (κ3) is 3.01. The Morgan fingerprint density at radius 1 is 1.53 bits per heavy atom. The van der Waals surface area contributed by atoms with Crippen molar-refractivity contribution in [2.45, 2.75) is 25.0 Å². The van der Waals surface area contributed by atoms with Gasteiger partial charge in [-0.15, -0.1) is 0 Å². The fourth-order valence-electron chi connectivity index (χ4n) is 1.61. The molecule has 2 rings (SSSR count). The molecule has 1 aliphatic carbocycles. The van der Waals surface area contributed by atoms with Crippen LogP contribution < -0.4 is 5.32 Å². The summed E-state index contributed by atoms with van der Waals surface area (Å²) >= 11 is 0. The molecular weight excluding hydrogens is 193 g/mol. The van der Waals surface area contributed by atoms with Crippen LogP contribution in [0.4, 0.5) is 4.39 Å². The number of hydrogen-bond acceptors (Lipinski definition) is 2. The van der Waals surface area contributed by atoms with E-state index >= 15 is 0 Å². The van der Waals surface area contributed by atoms with Crippen LogP contribution in [0.3, 0.4) is 0 Å². The Balaban J connectivity index is 1.97. The lowest BCUT2D eigenvalue weighted by Crippen LogP contribution is -2.24. The largest absolute Gasteiger partial charge is 0.375 e. The SMILES string of the molecule is COC(CNC1CC1)c1cccc(F)c1. The van der Waals surface area contributed by atoms with Gasteiger partial charge in [-0.3, -0.25) is 0 Å². The van der Waals surface area contributed by atoms with E-state index in [0.29, 0.717) is 6.04 Å². The van der Waals surface area contributed by atoms with E-state index in [9.17, 15) is 4.39 Å². The van der Waals surface area contributed by atoms with Crippen LogP contribution in [0.1, 0.15) is 24.5 Å². The quantitative estimate of drug-likeness (QED) is 0.803. The topological polar surface area (TPSA) is 21.3 Å². The monoisotopic (exact) mass is 209 g/mol. The molecule has 0 spiro atoms. The Hall–Kier alpha value is -0.930. The Morgan fingerprint density at radius 3 is 2.93 bits per heavy atom. The summed E-state index contributed by atoms with van der Waals surface area (Å²) in [5.41, 5.74) is 0.894. The maximum atomic E-state index is 13.0. The van der Waals surface area contributed by atoms with Crippen molar-refractivity contribution >= 4 is 0 Å². The molecule has 1 N–H and O–H groups in total. The van der Waals surface area contributed by atoms with Gasteiger partial charge in [0.05, 0.1) is 6.10 Å². The van der Waals surface area contributed by atoms with E-state index in [4.69, 9.17) is 4.74 Å². The van der Waals surface area contributed by atoms with Gasteiger partial charge >= 0.3 is 0 Å². The van der Waals surface area contributed by atoms with Crippen molar-refractivity contribution in [3.05, 3.63) is 35.6 Å². The Labute approximate surface area is 89.4 Å². The van der Waals surface area contributed by atoms with E-state index in [2.05, 4.69) is 5.32 Å². The number of benzene rings is 1. The van der Waals surface area contributed by atoms with Crippen LogP contribution >= 0.6 is 0 Å². The first-order valence-corrected chi connectivity index (χ1v) is 5.31. The van der Waals surface area contributed by atoms with Crippen LogP contribution in [-0.2, 0) is 4.74 Å². The first-order valence-electron chi connectivity index (χ1n) is 5.31. The lowest BCUT2D eigenvalue weighted by atomic mass is 10.1. The number of halogens is 1. The van der Waals surface area contributed by atoms with Gasteiger partial charge in [0.25, 0.3) is 0 Å². The molecule has 1 unspecified atom stereocenters. The minimum absolute atomic E-state index is 0.0544. The molecule has 0 radical (unpaired) electrons. The summed E-state index contributed by atoms with van der Waals surface area (Å²) in [6.45, 7) is 0.755. The summed E-state index contributed by atoms with van der Waals surface area (Å²) in [5, 5.41) is 3.38. The lowest BCUT2D eigenvalue weighted by molar-refractivity contribution is 0.102. The molecule has 0 saturated heterocycles. The van der Waals surface area contributed by atoms with Crippen molar-refractivity contribution in [1.82, 2.24) is 5.32 Å². The van der Waals surface area contributed by atoms with Crippen molar-refractivity contribution in [1.29, 1.82) is 0 Å². The highest BCUT2D eigenvalue weighted by Crippen LogP contribution is 2.22. The molecule has 0 aliphatic heterocycles. The minimum Gasteiger partial charge on any atom is -0.375 e. The van der Waals surface area contributed by atoms with Gasteiger partial charge in [-0.05, 0) is 30.5 Å². The molecule has 1 aliphatic rings. The molecule has 1 atom stereocenters. The third-order valence-electron chi connectivity index (χ3n) is 2.67. The van der Waals surface area contributed by atoms with Crippen molar-refractivity contribution in [2.75, 3.05) is 13.7 Å². The molecule has 1 fully saturated rings. The van der Waals surface area contributed by atoms with Crippen LogP contribution in [0, 0.1) is 5.82 Å². The fraction of sp³-hybridized carbons (Fsp3) is 0.500.